The van der Waals surface area contributed by atoms with Gasteiger partial charge in [0.2, 0.25) is 0 Å². The van der Waals surface area contributed by atoms with Crippen LogP contribution in [0.4, 0.5) is 5.69 Å². The molecule has 1 aliphatic heterocycles. The number of ketones is 1. The van der Waals surface area contributed by atoms with Crippen LogP contribution in [-0.2, 0) is 6.42 Å². The summed E-state index contributed by atoms with van der Waals surface area (Å²) in [7, 11) is 0. The summed E-state index contributed by atoms with van der Waals surface area (Å²) in [5.41, 5.74) is 2.19. The average Bonchev–Trinajstić information content (AvgIpc) is 2.94. The minimum atomic E-state index is -0.429. The second-order valence-corrected chi connectivity index (χ2v) is 6.65. The summed E-state index contributed by atoms with van der Waals surface area (Å²) in [6, 6.07) is 10.1. The number of rotatable bonds is 3. The Morgan fingerprint density at radius 3 is 2.44 bits per heavy atom. The van der Waals surface area contributed by atoms with Gasteiger partial charge in [-0.05, 0) is 43.5 Å². The number of nitrogens with zero attached hydrogens (tertiary/aromatic N) is 1. The summed E-state index contributed by atoms with van der Waals surface area (Å²) < 4.78 is 0. The molecule has 4 rings (SSSR count). The molecule has 0 bridgehead atoms. The smallest absolute Gasteiger partial charge is 0.263 e. The highest BCUT2D eigenvalue weighted by Crippen LogP contribution is 2.37. The fourth-order valence-corrected chi connectivity index (χ4v) is 3.78. The monoisotopic (exact) mass is 362 g/mol. The fourth-order valence-electron chi connectivity index (χ4n) is 3.78. The standard InChI is InChI=1S/C21H18N2O4/c1-2-23-20(26)17-13-9-6-10-16(24)14(13)11-15(18(17)21(23)27)22-19(25)12-7-4-3-5-8-12/h3-5,7-8,11H,2,6,9-10H2,1H3,(H,22,25). The number of imide groups is 1. The first-order chi connectivity index (χ1) is 13.0. The third-order valence-corrected chi connectivity index (χ3v) is 5.08. The predicted molar refractivity (Wildman–Crippen MR) is 99.1 cm³/mol. The molecule has 6 heteroatoms. The van der Waals surface area contributed by atoms with E-state index in [9.17, 15) is 19.2 Å². The number of amides is 3. The minimum absolute atomic E-state index is 0.0653. The van der Waals surface area contributed by atoms with Gasteiger partial charge in [0.05, 0.1) is 16.8 Å². The molecule has 6 nitrogen and oxygen atoms in total. The van der Waals surface area contributed by atoms with Gasteiger partial charge in [0.1, 0.15) is 0 Å². The van der Waals surface area contributed by atoms with Crippen molar-refractivity contribution in [3.05, 3.63) is 64.2 Å². The SMILES string of the molecule is CCN1C(=O)c2c(NC(=O)c3ccccc3)cc3c(c2C1=O)CCCC3=O. The van der Waals surface area contributed by atoms with Crippen molar-refractivity contribution in [1.29, 1.82) is 0 Å². The van der Waals surface area contributed by atoms with Gasteiger partial charge in [0.15, 0.2) is 5.78 Å². The lowest BCUT2D eigenvalue weighted by Crippen LogP contribution is -2.29. The van der Waals surface area contributed by atoms with Gasteiger partial charge in [-0.3, -0.25) is 24.1 Å². The van der Waals surface area contributed by atoms with Crippen molar-refractivity contribution in [3.63, 3.8) is 0 Å². The van der Waals surface area contributed by atoms with Gasteiger partial charge in [-0.1, -0.05) is 18.2 Å². The molecule has 2 aromatic rings. The number of anilines is 1. The maximum Gasteiger partial charge on any atom is 0.263 e. The number of carbonyl (C=O) groups is 4. The Hall–Kier alpha value is -3.28. The van der Waals surface area contributed by atoms with Crippen LogP contribution >= 0.6 is 0 Å². The molecule has 136 valence electrons. The van der Waals surface area contributed by atoms with E-state index in [-0.39, 0.29) is 35.0 Å². The molecule has 1 aliphatic carbocycles. The molecular weight excluding hydrogens is 344 g/mol. The Kier molecular flexibility index (Phi) is 4.11. The van der Waals surface area contributed by atoms with Crippen molar-refractivity contribution < 1.29 is 19.2 Å². The van der Waals surface area contributed by atoms with Gasteiger partial charge in [-0.25, -0.2) is 0 Å². The van der Waals surface area contributed by atoms with E-state index in [2.05, 4.69) is 5.32 Å². The highest BCUT2D eigenvalue weighted by Gasteiger charge is 2.41. The zero-order valence-electron chi connectivity index (χ0n) is 14.9. The Bertz CT molecular complexity index is 995. The van der Waals surface area contributed by atoms with Crippen LogP contribution in [0.15, 0.2) is 36.4 Å². The Morgan fingerprint density at radius 2 is 1.74 bits per heavy atom. The Balaban J connectivity index is 1.87. The first kappa shape index (κ1) is 17.1. The van der Waals surface area contributed by atoms with Crippen LogP contribution in [0, 0.1) is 0 Å². The van der Waals surface area contributed by atoms with E-state index in [1.165, 1.54) is 0 Å². The van der Waals surface area contributed by atoms with Crippen LogP contribution in [0.2, 0.25) is 0 Å². The lowest BCUT2D eigenvalue weighted by molar-refractivity contribution is 0.0662. The van der Waals surface area contributed by atoms with Gasteiger partial charge in [-0.2, -0.15) is 0 Å². The molecule has 0 saturated carbocycles. The maximum absolute atomic E-state index is 12.8. The van der Waals surface area contributed by atoms with E-state index < -0.39 is 11.8 Å². The number of fused-ring (bicyclic) bond motifs is 3. The largest absolute Gasteiger partial charge is 0.321 e. The zero-order valence-corrected chi connectivity index (χ0v) is 14.9. The third-order valence-electron chi connectivity index (χ3n) is 5.08. The lowest BCUT2D eigenvalue weighted by atomic mass is 9.85. The van der Waals surface area contributed by atoms with Crippen molar-refractivity contribution in [2.24, 2.45) is 0 Å². The maximum atomic E-state index is 12.8. The topological polar surface area (TPSA) is 83.6 Å². The molecule has 0 spiro atoms. The summed E-state index contributed by atoms with van der Waals surface area (Å²) in [4.78, 5) is 51.8. The molecule has 0 radical (unpaired) electrons. The first-order valence-electron chi connectivity index (χ1n) is 8.98. The van der Waals surface area contributed by atoms with E-state index in [0.29, 0.717) is 36.0 Å². The molecule has 0 atom stereocenters. The second-order valence-electron chi connectivity index (χ2n) is 6.65. The normalized spacial score (nSPS) is 15.6. The number of nitrogens with one attached hydrogen (secondary N) is 1. The zero-order chi connectivity index (χ0) is 19.1. The van der Waals surface area contributed by atoms with Crippen LogP contribution in [0.3, 0.4) is 0 Å². The third kappa shape index (κ3) is 2.65. The molecule has 2 aromatic carbocycles. The van der Waals surface area contributed by atoms with Gasteiger partial charge in [-0.15, -0.1) is 0 Å². The van der Waals surface area contributed by atoms with Crippen LogP contribution in [0.25, 0.3) is 0 Å². The molecule has 0 fully saturated rings. The molecule has 1 N–H and O–H groups in total. The van der Waals surface area contributed by atoms with E-state index in [1.54, 1.807) is 43.3 Å². The van der Waals surface area contributed by atoms with Crippen molar-refractivity contribution in [2.45, 2.75) is 26.2 Å². The first-order valence-corrected chi connectivity index (χ1v) is 8.98. The summed E-state index contributed by atoms with van der Waals surface area (Å²) in [5.74, 6) is -1.28. The Morgan fingerprint density at radius 1 is 1.04 bits per heavy atom. The van der Waals surface area contributed by atoms with Crippen LogP contribution < -0.4 is 5.32 Å². The number of hydrogen-bond acceptors (Lipinski definition) is 4. The number of carbonyl (C=O) groups excluding carboxylic acids is 4. The summed E-state index contributed by atoms with van der Waals surface area (Å²) >= 11 is 0. The summed E-state index contributed by atoms with van der Waals surface area (Å²) in [6.07, 6.45) is 1.63. The van der Waals surface area contributed by atoms with E-state index in [1.807, 2.05) is 0 Å². The van der Waals surface area contributed by atoms with Gasteiger partial charge >= 0.3 is 0 Å². The molecule has 1 heterocycles. The highest BCUT2D eigenvalue weighted by molar-refractivity contribution is 6.26. The molecule has 3 amide bonds. The van der Waals surface area contributed by atoms with E-state index in [4.69, 9.17) is 0 Å². The fraction of sp³-hybridized carbons (Fsp3) is 0.238. The highest BCUT2D eigenvalue weighted by atomic mass is 16.2. The summed E-state index contributed by atoms with van der Waals surface area (Å²) in [6.45, 7) is 1.96. The molecule has 0 unspecified atom stereocenters. The number of benzene rings is 2. The van der Waals surface area contributed by atoms with Crippen molar-refractivity contribution in [2.75, 3.05) is 11.9 Å². The van der Waals surface area contributed by atoms with Crippen LogP contribution in [0.5, 0.6) is 0 Å². The Labute approximate surface area is 156 Å². The summed E-state index contributed by atoms with van der Waals surface area (Å²) in [5, 5.41) is 2.73. The minimum Gasteiger partial charge on any atom is -0.321 e. The van der Waals surface area contributed by atoms with Gasteiger partial charge < -0.3 is 5.32 Å². The molecule has 27 heavy (non-hydrogen) atoms. The van der Waals surface area contributed by atoms with E-state index in [0.717, 1.165) is 4.90 Å². The number of hydrogen-bond donors (Lipinski definition) is 1. The molecule has 0 saturated heterocycles. The quantitative estimate of drug-likeness (QED) is 0.851. The molecule has 2 aliphatic rings. The van der Waals surface area contributed by atoms with Gasteiger partial charge in [0.25, 0.3) is 17.7 Å². The van der Waals surface area contributed by atoms with Crippen molar-refractivity contribution in [1.82, 2.24) is 4.90 Å². The van der Waals surface area contributed by atoms with Crippen LogP contribution in [0.1, 0.15) is 66.8 Å². The van der Waals surface area contributed by atoms with E-state index >= 15 is 0 Å². The molecular formula is C21H18N2O4. The van der Waals surface area contributed by atoms with Crippen molar-refractivity contribution in [3.8, 4) is 0 Å². The van der Waals surface area contributed by atoms with Crippen LogP contribution in [-0.4, -0.2) is 34.9 Å². The second kappa shape index (κ2) is 6.46. The number of Topliss-reactive ketones (excluding diaryl/α,β-unsaturated/α-hetero) is 1. The average molecular weight is 362 g/mol. The predicted octanol–water partition coefficient (Wildman–Crippen LogP) is 3.07. The van der Waals surface area contributed by atoms with Gasteiger partial charge in [0, 0.05) is 24.1 Å². The lowest BCUT2D eigenvalue weighted by Gasteiger charge is -2.19. The van der Waals surface area contributed by atoms with Crippen molar-refractivity contribution >= 4 is 29.2 Å². The molecule has 0 aromatic heterocycles.